The third-order valence-corrected chi connectivity index (χ3v) is 10.7. The Morgan fingerprint density at radius 1 is 0.780 bits per heavy atom. The van der Waals surface area contributed by atoms with Crippen LogP contribution < -0.4 is 5.32 Å². The van der Waals surface area contributed by atoms with Crippen LogP contribution in [0.4, 0.5) is 0 Å². The number of carboxylic acids is 1. The summed E-state index contributed by atoms with van der Waals surface area (Å²) in [4.78, 5) is 25.4. The van der Waals surface area contributed by atoms with Crippen LogP contribution in [0, 0.1) is 0 Å². The van der Waals surface area contributed by atoms with Crippen LogP contribution in [0.3, 0.4) is 0 Å². The molecule has 0 bridgehead atoms. The molecule has 10 nitrogen and oxygen atoms in total. The predicted molar refractivity (Wildman–Crippen MR) is 206 cm³/mol. The lowest BCUT2D eigenvalue weighted by molar-refractivity contribution is -0.870. The van der Waals surface area contributed by atoms with E-state index in [4.69, 9.17) is 9.05 Å². The monoisotopic (exact) mass is 726 g/mol. The number of likely N-dealkylation sites (N-methyl/N-ethyl adjacent to an activating group) is 2. The molecule has 1 fully saturated rings. The standard InChI is InChI=1S/C39H73N4O6P/c1-41-27-26-40-38(34-42(29-28-41)35-39(44)45)33-37-24-22-36(23-25-37)21-19-17-15-13-11-9-7-5-6-8-10-12-14-16-18-20-31-48-50(46,47)49-32-30-43(2,3)4/h22-25,38,40H,5-21,26-35H2,1-4H3,(H-,44,45,46,47)/p+1. The van der Waals surface area contributed by atoms with Crippen LogP contribution in [0.5, 0.6) is 0 Å². The molecule has 0 aromatic heterocycles. The van der Waals surface area contributed by atoms with E-state index in [0.29, 0.717) is 11.0 Å². The third-order valence-electron chi connectivity index (χ3n) is 9.70. The molecule has 2 atom stereocenters. The number of aryl methyl sites for hydroxylation is 1. The van der Waals surface area contributed by atoms with E-state index in [1.165, 1.54) is 94.6 Å². The van der Waals surface area contributed by atoms with Gasteiger partial charge >= 0.3 is 13.8 Å². The summed E-state index contributed by atoms with van der Waals surface area (Å²) in [5.41, 5.74) is 2.74. The number of aliphatic carboxylic acids is 1. The number of nitrogens with one attached hydrogen (secondary N) is 1. The molecule has 0 saturated carbocycles. The molecule has 290 valence electrons. The van der Waals surface area contributed by atoms with Gasteiger partial charge in [0.1, 0.15) is 13.2 Å². The van der Waals surface area contributed by atoms with Gasteiger partial charge in [-0.1, -0.05) is 114 Å². The Morgan fingerprint density at radius 2 is 1.28 bits per heavy atom. The first-order valence-electron chi connectivity index (χ1n) is 19.8. The lowest BCUT2D eigenvalue weighted by Gasteiger charge is -2.26. The van der Waals surface area contributed by atoms with Crippen molar-refractivity contribution in [3.8, 4) is 0 Å². The van der Waals surface area contributed by atoms with Crippen LogP contribution in [0.1, 0.15) is 114 Å². The first-order chi connectivity index (χ1) is 23.9. The number of carbonyl (C=O) groups is 1. The number of unbranched alkanes of at least 4 members (excludes halogenated alkanes) is 15. The number of phosphoric ester groups is 1. The lowest BCUT2D eigenvalue weighted by atomic mass is 10.00. The smallest absolute Gasteiger partial charge is 0.472 e. The zero-order valence-electron chi connectivity index (χ0n) is 32.3. The van der Waals surface area contributed by atoms with Crippen LogP contribution in [0.25, 0.3) is 0 Å². The van der Waals surface area contributed by atoms with E-state index < -0.39 is 13.8 Å². The highest BCUT2D eigenvalue weighted by Crippen LogP contribution is 2.43. The highest BCUT2D eigenvalue weighted by molar-refractivity contribution is 7.47. The second-order valence-corrected chi connectivity index (χ2v) is 17.1. The summed E-state index contributed by atoms with van der Waals surface area (Å²) in [5.74, 6) is -0.754. The van der Waals surface area contributed by atoms with Crippen molar-refractivity contribution in [2.45, 2.75) is 122 Å². The van der Waals surface area contributed by atoms with Crippen molar-refractivity contribution in [1.82, 2.24) is 15.1 Å². The van der Waals surface area contributed by atoms with Gasteiger partial charge in [0.05, 0.1) is 34.3 Å². The van der Waals surface area contributed by atoms with Gasteiger partial charge < -0.3 is 24.7 Å². The fraction of sp³-hybridized carbons (Fsp3) is 0.821. The van der Waals surface area contributed by atoms with Crippen LogP contribution in [-0.2, 0) is 31.2 Å². The zero-order chi connectivity index (χ0) is 36.5. The summed E-state index contributed by atoms with van der Waals surface area (Å²) < 4.78 is 22.7. The fourth-order valence-corrected chi connectivity index (χ4v) is 7.25. The Kier molecular flexibility index (Phi) is 23.7. The van der Waals surface area contributed by atoms with Gasteiger partial charge in [-0.05, 0) is 43.9 Å². The molecular formula is C39H74N4O6P+. The maximum Gasteiger partial charge on any atom is 0.472 e. The first-order valence-corrected chi connectivity index (χ1v) is 21.3. The molecule has 0 amide bonds. The molecule has 1 aliphatic rings. The highest BCUT2D eigenvalue weighted by atomic mass is 31.2. The molecular weight excluding hydrogens is 651 g/mol. The van der Waals surface area contributed by atoms with E-state index in [-0.39, 0.29) is 25.8 Å². The number of nitrogens with zero attached hydrogens (tertiary/aromatic N) is 3. The Morgan fingerprint density at radius 3 is 1.82 bits per heavy atom. The number of phosphoric acid groups is 1. The molecule has 1 aliphatic heterocycles. The summed E-state index contributed by atoms with van der Waals surface area (Å²) in [7, 11) is 4.23. The molecule has 2 rings (SSSR count). The molecule has 11 heteroatoms. The molecule has 0 spiro atoms. The van der Waals surface area contributed by atoms with Gasteiger partial charge in [-0.25, -0.2) is 4.57 Å². The van der Waals surface area contributed by atoms with E-state index in [1.807, 2.05) is 21.1 Å². The number of rotatable bonds is 28. The number of hydrogen-bond acceptors (Lipinski definition) is 7. The van der Waals surface area contributed by atoms with Gasteiger partial charge in [0, 0.05) is 38.8 Å². The highest BCUT2D eigenvalue weighted by Gasteiger charge is 2.22. The minimum absolute atomic E-state index is 0.0997. The number of hydrogen-bond donors (Lipinski definition) is 3. The second kappa shape index (κ2) is 26.4. The van der Waals surface area contributed by atoms with Crippen molar-refractivity contribution < 1.29 is 32.9 Å². The molecule has 1 saturated heterocycles. The summed E-state index contributed by atoms with van der Waals surface area (Å²) in [5, 5.41) is 13.0. The van der Waals surface area contributed by atoms with Crippen molar-refractivity contribution in [3.63, 3.8) is 0 Å². The van der Waals surface area contributed by atoms with Crippen molar-refractivity contribution in [2.75, 3.05) is 87.2 Å². The zero-order valence-corrected chi connectivity index (χ0v) is 33.2. The molecule has 0 aliphatic carbocycles. The number of carboxylic acid groups (broad SMARTS) is 1. The number of benzene rings is 1. The lowest BCUT2D eigenvalue weighted by Crippen LogP contribution is -2.44. The van der Waals surface area contributed by atoms with Crippen LogP contribution in [0.15, 0.2) is 24.3 Å². The molecule has 1 aromatic rings. The van der Waals surface area contributed by atoms with Gasteiger partial charge in [-0.15, -0.1) is 0 Å². The van der Waals surface area contributed by atoms with Gasteiger partial charge in [0.15, 0.2) is 0 Å². The SMILES string of the molecule is CN1CCNC(Cc2ccc(CCCCCCCCCCCCCCCCCCOP(=O)(O)OCC[N+](C)(C)C)cc2)CN(CC(=O)O)CC1. The first kappa shape index (κ1) is 44.8. The average Bonchev–Trinajstić information content (AvgIpc) is 3.12. The third kappa shape index (κ3) is 24.8. The molecule has 2 unspecified atom stereocenters. The Balaban J connectivity index is 1.39. The van der Waals surface area contributed by atoms with Crippen LogP contribution in [-0.4, -0.2) is 124 Å². The van der Waals surface area contributed by atoms with E-state index in [2.05, 4.69) is 46.4 Å². The predicted octanol–water partition coefficient (Wildman–Crippen LogP) is 7.14. The summed E-state index contributed by atoms with van der Waals surface area (Å²) in [6.07, 6.45) is 22.3. The summed E-state index contributed by atoms with van der Waals surface area (Å²) in [6, 6.07) is 9.36. The van der Waals surface area contributed by atoms with Crippen LogP contribution >= 0.6 is 7.82 Å². The minimum Gasteiger partial charge on any atom is -0.480 e. The normalized spacial score (nSPS) is 18.0. The summed E-state index contributed by atoms with van der Waals surface area (Å²) in [6.45, 7) is 5.61. The summed E-state index contributed by atoms with van der Waals surface area (Å²) >= 11 is 0. The van der Waals surface area contributed by atoms with E-state index in [9.17, 15) is 19.4 Å². The van der Waals surface area contributed by atoms with E-state index >= 15 is 0 Å². The minimum atomic E-state index is -3.92. The van der Waals surface area contributed by atoms with Crippen molar-refractivity contribution in [2.24, 2.45) is 0 Å². The van der Waals surface area contributed by atoms with Gasteiger partial charge in [-0.2, -0.15) is 0 Å². The Bertz CT molecular complexity index is 1050. The molecule has 50 heavy (non-hydrogen) atoms. The average molecular weight is 726 g/mol. The fourth-order valence-electron chi connectivity index (χ4n) is 6.50. The number of quaternary nitrogens is 1. The van der Waals surface area contributed by atoms with Crippen LogP contribution in [0.2, 0.25) is 0 Å². The van der Waals surface area contributed by atoms with Crippen molar-refractivity contribution in [3.05, 3.63) is 35.4 Å². The Labute approximate surface area is 305 Å². The van der Waals surface area contributed by atoms with Gasteiger partial charge in [0.25, 0.3) is 0 Å². The molecule has 0 radical (unpaired) electrons. The molecule has 3 N–H and O–H groups in total. The van der Waals surface area contributed by atoms with Crippen molar-refractivity contribution >= 4 is 13.8 Å². The quantitative estimate of drug-likeness (QED) is 0.0472. The largest absolute Gasteiger partial charge is 0.480 e. The van der Waals surface area contributed by atoms with Gasteiger partial charge in [0.2, 0.25) is 0 Å². The second-order valence-electron chi connectivity index (χ2n) is 15.7. The Hall–Kier alpha value is -1.36. The molecule has 1 heterocycles. The van der Waals surface area contributed by atoms with E-state index in [0.717, 1.165) is 64.8 Å². The maximum absolute atomic E-state index is 11.9. The maximum atomic E-state index is 11.9. The van der Waals surface area contributed by atoms with Gasteiger partial charge in [-0.3, -0.25) is 18.7 Å². The van der Waals surface area contributed by atoms with E-state index in [1.54, 1.807) is 0 Å². The topological polar surface area (TPSA) is 112 Å². The van der Waals surface area contributed by atoms with Crippen molar-refractivity contribution in [1.29, 1.82) is 0 Å². The molecule has 1 aromatic carbocycles.